The van der Waals surface area contributed by atoms with Gasteiger partial charge >= 0.3 is 0 Å². The molecule has 0 fully saturated rings. The van der Waals surface area contributed by atoms with Crippen molar-refractivity contribution in [3.8, 4) is 11.5 Å². The highest BCUT2D eigenvalue weighted by Crippen LogP contribution is 2.33. The lowest BCUT2D eigenvalue weighted by molar-refractivity contribution is 0.463. The molecule has 2 nitrogen and oxygen atoms in total. The number of hydrogen-bond acceptors (Lipinski definition) is 2. The summed E-state index contributed by atoms with van der Waals surface area (Å²) in [5.74, 6) is 0.751. The number of phenols is 2. The average Bonchev–Trinajstić information content (AvgIpc) is 3.06. The molecule has 6 aromatic carbocycles. The minimum atomic E-state index is 0.376. The number of benzene rings is 6. The monoisotopic (exact) mass is 616 g/mol. The zero-order chi connectivity index (χ0) is 32.9. The lowest BCUT2D eigenvalue weighted by Crippen LogP contribution is -2.01. The van der Waals surface area contributed by atoms with Gasteiger partial charge in [-0.05, 0) is 89.8 Å². The summed E-state index contributed by atoms with van der Waals surface area (Å²) in [6, 6.07) is 42.9. The fraction of sp³-hybridized carbons (Fsp3) is 0.200. The van der Waals surface area contributed by atoms with Crippen LogP contribution in [0.15, 0.2) is 121 Å². The van der Waals surface area contributed by atoms with Gasteiger partial charge in [0, 0.05) is 25.7 Å². The first-order valence-electron chi connectivity index (χ1n) is 16.6. The Labute approximate surface area is 280 Å². The Hall–Kier alpha value is -5.08. The molecular formula is C45H44O2. The quantitative estimate of drug-likeness (QED) is 0.161. The molecule has 0 aliphatic heterocycles. The molecule has 0 saturated heterocycles. The van der Waals surface area contributed by atoms with E-state index in [1.165, 1.54) is 44.5 Å². The minimum absolute atomic E-state index is 0.376. The fourth-order valence-corrected chi connectivity index (χ4v) is 6.35. The molecule has 2 N–H and O–H groups in total. The normalized spacial score (nSPS) is 11.1. The number of aryl methyl sites for hydroxylation is 4. The van der Waals surface area contributed by atoms with Crippen LogP contribution in [0, 0.1) is 27.7 Å². The van der Waals surface area contributed by atoms with E-state index in [2.05, 4.69) is 149 Å². The molecule has 0 aliphatic carbocycles. The lowest BCUT2D eigenvalue weighted by atomic mass is 9.90. The van der Waals surface area contributed by atoms with Crippen molar-refractivity contribution >= 4 is 0 Å². The van der Waals surface area contributed by atoms with Gasteiger partial charge in [-0.2, -0.15) is 0 Å². The topological polar surface area (TPSA) is 40.5 Å². The van der Waals surface area contributed by atoms with Crippen LogP contribution in [0.2, 0.25) is 0 Å². The van der Waals surface area contributed by atoms with Crippen molar-refractivity contribution in [3.63, 3.8) is 0 Å². The Morgan fingerprint density at radius 1 is 0.298 bits per heavy atom. The summed E-state index contributed by atoms with van der Waals surface area (Å²) in [4.78, 5) is 0. The molecule has 47 heavy (non-hydrogen) atoms. The number of aromatic hydroxyl groups is 2. The maximum absolute atomic E-state index is 11.6. The second-order valence-corrected chi connectivity index (χ2v) is 13.4. The third-order valence-electron chi connectivity index (χ3n) is 9.12. The molecule has 0 atom stereocenters. The Balaban J connectivity index is 1.39. The smallest absolute Gasteiger partial charge is 0.122 e. The summed E-state index contributed by atoms with van der Waals surface area (Å²) in [6.07, 6.45) is 3.34. The molecular weight excluding hydrogens is 572 g/mol. The van der Waals surface area contributed by atoms with Gasteiger partial charge in [0.25, 0.3) is 0 Å². The highest BCUT2D eigenvalue weighted by atomic mass is 16.3. The van der Waals surface area contributed by atoms with Crippen molar-refractivity contribution in [1.29, 1.82) is 0 Å². The summed E-state index contributed by atoms with van der Waals surface area (Å²) in [5.41, 5.74) is 15.7. The van der Waals surface area contributed by atoms with Gasteiger partial charge in [-0.15, -0.1) is 0 Å². The van der Waals surface area contributed by atoms with Gasteiger partial charge in [0.2, 0.25) is 0 Å². The van der Waals surface area contributed by atoms with E-state index in [9.17, 15) is 10.2 Å². The average molecular weight is 617 g/mol. The summed E-state index contributed by atoms with van der Waals surface area (Å²) >= 11 is 0. The number of hydrogen-bond donors (Lipinski definition) is 2. The van der Waals surface area contributed by atoms with Crippen LogP contribution in [0.5, 0.6) is 11.5 Å². The molecule has 0 aliphatic rings. The molecule has 6 rings (SSSR count). The van der Waals surface area contributed by atoms with E-state index in [4.69, 9.17) is 0 Å². The summed E-state index contributed by atoms with van der Waals surface area (Å²) in [5, 5.41) is 23.1. The van der Waals surface area contributed by atoms with Gasteiger partial charge in [-0.25, -0.2) is 0 Å². The third-order valence-corrected chi connectivity index (χ3v) is 9.12. The van der Waals surface area contributed by atoms with Crippen LogP contribution in [0.3, 0.4) is 0 Å². The largest absolute Gasteiger partial charge is 0.507 e. The first kappa shape index (κ1) is 31.9. The van der Waals surface area contributed by atoms with Gasteiger partial charge in [0.05, 0.1) is 0 Å². The van der Waals surface area contributed by atoms with Crippen LogP contribution in [-0.2, 0) is 32.1 Å². The molecule has 2 heteroatoms. The summed E-state index contributed by atoms with van der Waals surface area (Å²) in [6.45, 7) is 8.39. The van der Waals surface area contributed by atoms with Gasteiger partial charge in [-0.3, -0.25) is 0 Å². The van der Waals surface area contributed by atoms with Crippen molar-refractivity contribution in [2.24, 2.45) is 0 Å². The van der Waals surface area contributed by atoms with E-state index >= 15 is 0 Å². The first-order chi connectivity index (χ1) is 22.7. The molecule has 0 spiro atoms. The zero-order valence-electron chi connectivity index (χ0n) is 28.0. The maximum Gasteiger partial charge on any atom is 0.122 e. The van der Waals surface area contributed by atoms with Crippen LogP contribution in [0.25, 0.3) is 0 Å². The van der Waals surface area contributed by atoms with E-state index in [1.807, 2.05) is 0 Å². The second kappa shape index (κ2) is 14.1. The maximum atomic E-state index is 11.6. The fourth-order valence-electron chi connectivity index (χ4n) is 6.35. The van der Waals surface area contributed by atoms with Crippen LogP contribution in [0.4, 0.5) is 0 Å². The van der Waals surface area contributed by atoms with Gasteiger partial charge in [-0.1, -0.05) is 144 Å². The van der Waals surface area contributed by atoms with Gasteiger partial charge in [0.15, 0.2) is 0 Å². The van der Waals surface area contributed by atoms with Crippen molar-refractivity contribution < 1.29 is 10.2 Å². The molecule has 0 aromatic heterocycles. The SMILES string of the molecule is Cc1ccc(Cc2cc(Cc3cc(Cc4ccc(C)cc4)c(O)c(Cc4ccc(C)cc4)c3)cc(Cc3ccc(C)cc3)c2O)cc1. The van der Waals surface area contributed by atoms with Crippen molar-refractivity contribution in [2.45, 2.75) is 59.8 Å². The van der Waals surface area contributed by atoms with Crippen LogP contribution >= 0.6 is 0 Å². The highest BCUT2D eigenvalue weighted by Gasteiger charge is 2.16. The molecule has 0 heterocycles. The second-order valence-electron chi connectivity index (χ2n) is 13.4. The molecule has 0 unspecified atom stereocenters. The zero-order valence-corrected chi connectivity index (χ0v) is 28.0. The Kier molecular flexibility index (Phi) is 9.59. The van der Waals surface area contributed by atoms with Crippen molar-refractivity contribution in [3.05, 3.63) is 199 Å². The minimum Gasteiger partial charge on any atom is -0.507 e. The summed E-state index contributed by atoms with van der Waals surface area (Å²) < 4.78 is 0. The molecule has 0 amide bonds. The van der Waals surface area contributed by atoms with Crippen molar-refractivity contribution in [2.75, 3.05) is 0 Å². The van der Waals surface area contributed by atoms with E-state index in [0.29, 0.717) is 43.6 Å². The van der Waals surface area contributed by atoms with E-state index < -0.39 is 0 Å². The summed E-state index contributed by atoms with van der Waals surface area (Å²) in [7, 11) is 0. The van der Waals surface area contributed by atoms with Crippen molar-refractivity contribution in [1.82, 2.24) is 0 Å². The van der Waals surface area contributed by atoms with Crippen LogP contribution in [-0.4, -0.2) is 10.2 Å². The van der Waals surface area contributed by atoms with E-state index in [0.717, 1.165) is 33.4 Å². The van der Waals surface area contributed by atoms with E-state index in [1.54, 1.807) is 0 Å². The van der Waals surface area contributed by atoms with Gasteiger partial charge < -0.3 is 10.2 Å². The Morgan fingerprint density at radius 3 is 0.723 bits per heavy atom. The standard InChI is InChI=1S/C45H44O2/c1-30-5-13-34(14-6-30)22-40-26-38(27-41(44(40)46)23-35-15-7-31(2)8-16-35)21-39-28-42(24-36-17-9-32(3)10-18-36)45(47)43(29-39)25-37-19-11-33(4)12-20-37/h5-20,26-29,46-47H,21-25H2,1-4H3. The van der Waals surface area contributed by atoms with E-state index in [-0.39, 0.29) is 0 Å². The molecule has 236 valence electrons. The first-order valence-corrected chi connectivity index (χ1v) is 16.6. The Bertz CT molecular complexity index is 1680. The molecule has 0 saturated carbocycles. The predicted molar refractivity (Wildman–Crippen MR) is 195 cm³/mol. The predicted octanol–water partition coefficient (Wildman–Crippen LogP) is 10.3. The molecule has 0 bridgehead atoms. The number of phenolic OH excluding ortho intramolecular Hbond substituents is 2. The third kappa shape index (κ3) is 8.20. The molecule has 6 aromatic rings. The van der Waals surface area contributed by atoms with Gasteiger partial charge in [0.1, 0.15) is 11.5 Å². The molecule has 0 radical (unpaired) electrons. The number of rotatable bonds is 10. The highest BCUT2D eigenvalue weighted by molar-refractivity contribution is 5.52. The Morgan fingerprint density at radius 2 is 0.511 bits per heavy atom. The van der Waals surface area contributed by atoms with Crippen LogP contribution in [0.1, 0.15) is 77.9 Å². The van der Waals surface area contributed by atoms with Crippen LogP contribution < -0.4 is 0 Å². The lowest BCUT2D eigenvalue weighted by Gasteiger charge is -2.17.